The summed E-state index contributed by atoms with van der Waals surface area (Å²) in [6, 6.07) is 0.688. The lowest BCUT2D eigenvalue weighted by atomic mass is 9.87. The van der Waals surface area contributed by atoms with Gasteiger partial charge in [0.05, 0.1) is 0 Å². The van der Waals surface area contributed by atoms with Crippen LogP contribution >= 0.6 is 0 Å². The minimum Gasteiger partial charge on any atom is -0.396 e. The fourth-order valence-corrected chi connectivity index (χ4v) is 2.51. The van der Waals surface area contributed by atoms with Gasteiger partial charge in [0, 0.05) is 19.2 Å². The van der Waals surface area contributed by atoms with Crippen LogP contribution in [0.5, 0.6) is 0 Å². The van der Waals surface area contributed by atoms with Crippen molar-refractivity contribution < 1.29 is 5.11 Å². The fourth-order valence-electron chi connectivity index (χ4n) is 2.51. The summed E-state index contributed by atoms with van der Waals surface area (Å²) in [5.74, 6) is 0. The Labute approximate surface area is 107 Å². The second kappa shape index (κ2) is 7.34. The normalized spacial score (nSPS) is 23.6. The van der Waals surface area contributed by atoms with Crippen molar-refractivity contribution in [1.82, 2.24) is 10.2 Å². The zero-order valence-electron chi connectivity index (χ0n) is 11.8. The van der Waals surface area contributed by atoms with Crippen LogP contribution in [0.2, 0.25) is 0 Å². The van der Waals surface area contributed by atoms with Gasteiger partial charge in [-0.05, 0) is 57.7 Å². The van der Waals surface area contributed by atoms with Crippen LogP contribution in [0.25, 0.3) is 0 Å². The largest absolute Gasteiger partial charge is 0.396 e. The molecule has 1 fully saturated rings. The third-order valence-electron chi connectivity index (χ3n) is 3.83. The molecule has 0 aromatic rings. The van der Waals surface area contributed by atoms with E-state index >= 15 is 0 Å². The van der Waals surface area contributed by atoms with Crippen LogP contribution in [0.1, 0.15) is 46.0 Å². The second-order valence-corrected chi connectivity index (χ2v) is 6.30. The van der Waals surface area contributed by atoms with Gasteiger partial charge in [0.2, 0.25) is 0 Å². The third kappa shape index (κ3) is 6.39. The molecule has 17 heavy (non-hydrogen) atoms. The van der Waals surface area contributed by atoms with E-state index in [1.54, 1.807) is 0 Å². The smallest absolute Gasteiger partial charge is 0.0431 e. The molecule has 1 heterocycles. The van der Waals surface area contributed by atoms with Crippen LogP contribution in [0.4, 0.5) is 0 Å². The molecule has 0 bridgehead atoms. The fraction of sp³-hybridized carbons (Fsp3) is 1.00. The van der Waals surface area contributed by atoms with Gasteiger partial charge in [-0.25, -0.2) is 0 Å². The number of hydrogen-bond donors (Lipinski definition) is 2. The molecule has 1 aliphatic rings. The average Bonchev–Trinajstić information content (AvgIpc) is 2.49. The Bertz CT molecular complexity index is 206. The summed E-state index contributed by atoms with van der Waals surface area (Å²) in [6.45, 7) is 8.43. The molecule has 3 heteroatoms. The van der Waals surface area contributed by atoms with E-state index in [2.05, 4.69) is 31.1 Å². The summed E-state index contributed by atoms with van der Waals surface area (Å²) in [7, 11) is 2.22. The Morgan fingerprint density at radius 3 is 2.76 bits per heavy atom. The lowest BCUT2D eigenvalue weighted by molar-refractivity contribution is 0.229. The van der Waals surface area contributed by atoms with Crippen molar-refractivity contribution >= 4 is 0 Å². The van der Waals surface area contributed by atoms with E-state index < -0.39 is 0 Å². The van der Waals surface area contributed by atoms with E-state index in [-0.39, 0.29) is 0 Å². The molecule has 0 spiro atoms. The second-order valence-electron chi connectivity index (χ2n) is 6.30. The van der Waals surface area contributed by atoms with Gasteiger partial charge in [0.1, 0.15) is 0 Å². The predicted octanol–water partition coefficient (Wildman–Crippen LogP) is 1.86. The van der Waals surface area contributed by atoms with Crippen molar-refractivity contribution in [3.05, 3.63) is 0 Å². The quantitative estimate of drug-likeness (QED) is 0.746. The molecule has 0 amide bonds. The zero-order chi connectivity index (χ0) is 12.7. The van der Waals surface area contributed by atoms with Crippen LogP contribution in [0, 0.1) is 5.41 Å². The standard InChI is InChI=1S/C14H30N2O/c1-14(2,8-5-11-17)12-15-13-6-4-9-16(3)10-7-13/h13,15,17H,4-12H2,1-3H3. The lowest BCUT2D eigenvalue weighted by Crippen LogP contribution is -2.37. The Hall–Kier alpha value is -0.120. The molecule has 0 aliphatic carbocycles. The molecular weight excluding hydrogens is 212 g/mol. The molecule has 0 aromatic carbocycles. The van der Waals surface area contributed by atoms with Gasteiger partial charge in [0.25, 0.3) is 0 Å². The molecular formula is C14H30N2O. The SMILES string of the molecule is CN1CCCC(NCC(C)(C)CCCO)CC1. The van der Waals surface area contributed by atoms with Crippen molar-refractivity contribution in [2.24, 2.45) is 5.41 Å². The highest BCUT2D eigenvalue weighted by Crippen LogP contribution is 2.21. The first-order chi connectivity index (χ1) is 8.03. The number of hydrogen-bond acceptors (Lipinski definition) is 3. The van der Waals surface area contributed by atoms with E-state index in [1.807, 2.05) is 0 Å². The zero-order valence-corrected chi connectivity index (χ0v) is 11.8. The van der Waals surface area contributed by atoms with Gasteiger partial charge >= 0.3 is 0 Å². The van der Waals surface area contributed by atoms with Gasteiger partial charge < -0.3 is 15.3 Å². The number of rotatable bonds is 6. The van der Waals surface area contributed by atoms with E-state index in [0.29, 0.717) is 18.1 Å². The van der Waals surface area contributed by atoms with Crippen LogP contribution in [-0.2, 0) is 0 Å². The summed E-state index contributed by atoms with van der Waals surface area (Å²) in [5.41, 5.74) is 0.306. The molecule has 1 rings (SSSR count). The molecule has 0 saturated carbocycles. The molecule has 1 unspecified atom stereocenters. The first-order valence-corrected chi connectivity index (χ1v) is 7.06. The maximum Gasteiger partial charge on any atom is 0.0431 e. The molecule has 1 aliphatic heterocycles. The molecule has 1 atom stereocenters. The highest BCUT2D eigenvalue weighted by Gasteiger charge is 2.20. The van der Waals surface area contributed by atoms with E-state index in [4.69, 9.17) is 5.11 Å². The summed E-state index contributed by atoms with van der Waals surface area (Å²) < 4.78 is 0. The molecule has 3 nitrogen and oxygen atoms in total. The van der Waals surface area contributed by atoms with Gasteiger partial charge in [0.15, 0.2) is 0 Å². The number of likely N-dealkylation sites (tertiary alicyclic amines) is 1. The van der Waals surface area contributed by atoms with Crippen LogP contribution in [0.15, 0.2) is 0 Å². The Kier molecular flexibility index (Phi) is 6.45. The minimum atomic E-state index is 0.306. The van der Waals surface area contributed by atoms with Crippen molar-refractivity contribution in [3.8, 4) is 0 Å². The summed E-state index contributed by atoms with van der Waals surface area (Å²) in [5, 5.41) is 12.6. The van der Waals surface area contributed by atoms with Crippen molar-refractivity contribution in [2.45, 2.75) is 52.0 Å². The predicted molar refractivity (Wildman–Crippen MR) is 73.2 cm³/mol. The van der Waals surface area contributed by atoms with E-state index in [0.717, 1.165) is 19.4 Å². The monoisotopic (exact) mass is 242 g/mol. The number of nitrogens with zero attached hydrogens (tertiary/aromatic N) is 1. The maximum absolute atomic E-state index is 8.89. The van der Waals surface area contributed by atoms with E-state index in [9.17, 15) is 0 Å². The van der Waals surface area contributed by atoms with Gasteiger partial charge in [-0.15, -0.1) is 0 Å². The molecule has 102 valence electrons. The summed E-state index contributed by atoms with van der Waals surface area (Å²) in [4.78, 5) is 2.43. The average molecular weight is 242 g/mol. The highest BCUT2D eigenvalue weighted by atomic mass is 16.2. The van der Waals surface area contributed by atoms with E-state index in [1.165, 1.54) is 32.4 Å². The Morgan fingerprint density at radius 2 is 2.06 bits per heavy atom. The Morgan fingerprint density at radius 1 is 1.29 bits per heavy atom. The van der Waals surface area contributed by atoms with Gasteiger partial charge in [-0.1, -0.05) is 13.8 Å². The topological polar surface area (TPSA) is 35.5 Å². The molecule has 1 saturated heterocycles. The summed E-state index contributed by atoms with van der Waals surface area (Å²) in [6.07, 6.45) is 5.91. The van der Waals surface area contributed by atoms with Crippen LogP contribution in [0.3, 0.4) is 0 Å². The maximum atomic E-state index is 8.89. The minimum absolute atomic E-state index is 0.306. The van der Waals surface area contributed by atoms with Gasteiger partial charge in [-0.3, -0.25) is 0 Å². The third-order valence-corrected chi connectivity index (χ3v) is 3.83. The molecule has 2 N–H and O–H groups in total. The van der Waals surface area contributed by atoms with Crippen molar-refractivity contribution in [3.63, 3.8) is 0 Å². The number of nitrogens with one attached hydrogen (secondary N) is 1. The first-order valence-electron chi connectivity index (χ1n) is 7.06. The molecule has 0 aromatic heterocycles. The lowest BCUT2D eigenvalue weighted by Gasteiger charge is -2.28. The highest BCUT2D eigenvalue weighted by molar-refractivity contribution is 4.78. The van der Waals surface area contributed by atoms with Crippen molar-refractivity contribution in [1.29, 1.82) is 0 Å². The number of aliphatic hydroxyl groups is 1. The van der Waals surface area contributed by atoms with Crippen LogP contribution in [-0.4, -0.2) is 49.3 Å². The van der Waals surface area contributed by atoms with Crippen LogP contribution < -0.4 is 5.32 Å². The summed E-state index contributed by atoms with van der Waals surface area (Å²) >= 11 is 0. The Balaban J connectivity index is 2.24. The number of aliphatic hydroxyl groups excluding tert-OH is 1. The molecule has 0 radical (unpaired) electrons. The van der Waals surface area contributed by atoms with Crippen molar-refractivity contribution in [2.75, 3.05) is 33.3 Å². The first kappa shape index (κ1) is 14.9. The van der Waals surface area contributed by atoms with Gasteiger partial charge in [-0.2, -0.15) is 0 Å².